The summed E-state index contributed by atoms with van der Waals surface area (Å²) >= 11 is 0. The van der Waals surface area contributed by atoms with Gasteiger partial charge in [-0.2, -0.15) is 5.26 Å². The summed E-state index contributed by atoms with van der Waals surface area (Å²) in [7, 11) is 0. The van der Waals surface area contributed by atoms with E-state index in [9.17, 15) is 5.26 Å². The fraction of sp³-hybridized carbons (Fsp3) is 0. The molecule has 0 aliphatic carbocycles. The number of nitrogens with zero attached hydrogens (tertiary/aromatic N) is 3. The Labute approximate surface area is 122 Å². The average molecular weight is 272 g/mol. The van der Waals surface area contributed by atoms with E-state index in [1.807, 2.05) is 54.6 Å². The molecule has 3 rings (SSSR count). The maximum atomic E-state index is 9.32. The van der Waals surface area contributed by atoms with E-state index in [2.05, 4.69) is 21.4 Å². The molecule has 0 amide bonds. The van der Waals surface area contributed by atoms with Crippen LogP contribution >= 0.6 is 0 Å². The molecule has 0 aliphatic heterocycles. The van der Waals surface area contributed by atoms with Crippen LogP contribution in [0.4, 0.5) is 11.6 Å². The molecule has 0 saturated carbocycles. The van der Waals surface area contributed by atoms with Crippen molar-refractivity contribution in [2.45, 2.75) is 0 Å². The fourth-order valence-electron chi connectivity index (χ4n) is 2.00. The number of pyridine rings is 2. The smallest absolute Gasteiger partial charge is 0.149 e. The number of anilines is 2. The molecule has 0 unspecified atom stereocenters. The molecule has 0 atom stereocenters. The van der Waals surface area contributed by atoms with Crippen molar-refractivity contribution >= 4 is 11.6 Å². The lowest BCUT2D eigenvalue weighted by molar-refractivity contribution is 1.24. The van der Waals surface area contributed by atoms with Gasteiger partial charge in [0.15, 0.2) is 0 Å². The highest BCUT2D eigenvalue weighted by atomic mass is 15.0. The van der Waals surface area contributed by atoms with E-state index >= 15 is 0 Å². The first kappa shape index (κ1) is 12.8. The third-order valence-corrected chi connectivity index (χ3v) is 3.03. The van der Waals surface area contributed by atoms with Crippen LogP contribution in [0.2, 0.25) is 0 Å². The van der Waals surface area contributed by atoms with Crippen molar-refractivity contribution in [2.75, 3.05) is 5.32 Å². The fourth-order valence-corrected chi connectivity index (χ4v) is 2.00. The van der Waals surface area contributed by atoms with Crippen LogP contribution in [0.5, 0.6) is 0 Å². The minimum atomic E-state index is 0.488. The second-order valence-electron chi connectivity index (χ2n) is 4.44. The van der Waals surface area contributed by atoms with Crippen molar-refractivity contribution in [3.63, 3.8) is 0 Å². The molecule has 0 saturated heterocycles. The van der Waals surface area contributed by atoms with Crippen LogP contribution in [0.25, 0.3) is 11.1 Å². The Bertz CT molecular complexity index is 777. The lowest BCUT2D eigenvalue weighted by atomic mass is 10.1. The maximum Gasteiger partial charge on any atom is 0.149 e. The van der Waals surface area contributed by atoms with Crippen molar-refractivity contribution in [2.24, 2.45) is 0 Å². The summed E-state index contributed by atoms with van der Waals surface area (Å²) < 4.78 is 0. The average Bonchev–Trinajstić information content (AvgIpc) is 2.57. The van der Waals surface area contributed by atoms with Gasteiger partial charge in [0.05, 0.1) is 5.56 Å². The summed E-state index contributed by atoms with van der Waals surface area (Å²) in [6.07, 6.45) is 3.44. The molecule has 2 aromatic heterocycles. The molecule has 0 spiro atoms. The lowest BCUT2D eigenvalue weighted by Crippen LogP contribution is -1.98. The summed E-state index contributed by atoms with van der Waals surface area (Å²) in [5, 5.41) is 12.4. The Morgan fingerprint density at radius 1 is 0.905 bits per heavy atom. The molecule has 0 fully saturated rings. The van der Waals surface area contributed by atoms with Gasteiger partial charge in [0.25, 0.3) is 0 Å². The normalized spacial score (nSPS) is 9.86. The molecule has 0 radical (unpaired) electrons. The maximum absolute atomic E-state index is 9.32. The van der Waals surface area contributed by atoms with Gasteiger partial charge in [-0.15, -0.1) is 0 Å². The van der Waals surface area contributed by atoms with Gasteiger partial charge in [0.1, 0.15) is 17.7 Å². The van der Waals surface area contributed by atoms with Gasteiger partial charge in [0.2, 0.25) is 0 Å². The predicted molar refractivity (Wildman–Crippen MR) is 81.9 cm³/mol. The van der Waals surface area contributed by atoms with E-state index in [0.29, 0.717) is 17.2 Å². The number of nitrogens with one attached hydrogen (secondary N) is 1. The van der Waals surface area contributed by atoms with Gasteiger partial charge in [-0.1, -0.05) is 36.4 Å². The number of hydrogen-bond donors (Lipinski definition) is 1. The van der Waals surface area contributed by atoms with Gasteiger partial charge >= 0.3 is 0 Å². The Balaban J connectivity index is 1.95. The lowest BCUT2D eigenvalue weighted by Gasteiger charge is -2.08. The van der Waals surface area contributed by atoms with Crippen LogP contribution in [0.1, 0.15) is 5.56 Å². The molecule has 1 N–H and O–H groups in total. The van der Waals surface area contributed by atoms with Crippen molar-refractivity contribution in [1.82, 2.24) is 9.97 Å². The van der Waals surface area contributed by atoms with Crippen LogP contribution in [0.3, 0.4) is 0 Å². The minimum absolute atomic E-state index is 0.488. The largest absolute Gasteiger partial charge is 0.324 e. The van der Waals surface area contributed by atoms with Gasteiger partial charge in [0, 0.05) is 18.0 Å². The van der Waals surface area contributed by atoms with E-state index in [0.717, 1.165) is 11.1 Å². The van der Waals surface area contributed by atoms with Gasteiger partial charge in [-0.05, 0) is 23.8 Å². The van der Waals surface area contributed by atoms with Crippen LogP contribution < -0.4 is 5.32 Å². The van der Waals surface area contributed by atoms with Gasteiger partial charge in [-0.25, -0.2) is 9.97 Å². The van der Waals surface area contributed by atoms with Crippen molar-refractivity contribution < 1.29 is 0 Å². The second kappa shape index (κ2) is 5.85. The Kier molecular flexibility index (Phi) is 3.57. The van der Waals surface area contributed by atoms with E-state index < -0.39 is 0 Å². The molecule has 4 nitrogen and oxygen atoms in total. The first-order valence-electron chi connectivity index (χ1n) is 6.50. The molecule has 0 bridgehead atoms. The SMILES string of the molecule is N#Cc1cc(-c2ccccc2)cnc1Nc1ccccn1. The predicted octanol–water partition coefficient (Wildman–Crippen LogP) is 3.76. The summed E-state index contributed by atoms with van der Waals surface area (Å²) in [4.78, 5) is 8.52. The van der Waals surface area contributed by atoms with Crippen LogP contribution in [0.15, 0.2) is 67.0 Å². The van der Waals surface area contributed by atoms with Crippen molar-refractivity contribution in [3.8, 4) is 17.2 Å². The number of rotatable bonds is 3. The molecular formula is C17H12N4. The molecule has 1 aromatic carbocycles. The summed E-state index contributed by atoms with van der Waals surface area (Å²) in [5.41, 5.74) is 2.44. The standard InChI is InChI=1S/C17H12N4/c18-11-14-10-15(13-6-2-1-3-7-13)12-20-17(14)21-16-8-4-5-9-19-16/h1-10,12H,(H,19,20,21). The molecule has 21 heavy (non-hydrogen) atoms. The highest BCUT2D eigenvalue weighted by molar-refractivity contribution is 5.69. The number of benzene rings is 1. The highest BCUT2D eigenvalue weighted by Crippen LogP contribution is 2.23. The topological polar surface area (TPSA) is 61.6 Å². The Morgan fingerprint density at radius 3 is 2.43 bits per heavy atom. The first-order chi connectivity index (χ1) is 10.4. The van der Waals surface area contributed by atoms with Gasteiger partial charge < -0.3 is 5.32 Å². The molecular weight excluding hydrogens is 260 g/mol. The quantitative estimate of drug-likeness (QED) is 0.788. The Morgan fingerprint density at radius 2 is 1.71 bits per heavy atom. The number of hydrogen-bond acceptors (Lipinski definition) is 4. The van der Waals surface area contributed by atoms with E-state index in [-0.39, 0.29) is 0 Å². The minimum Gasteiger partial charge on any atom is -0.324 e. The van der Waals surface area contributed by atoms with Crippen LogP contribution in [-0.4, -0.2) is 9.97 Å². The molecule has 100 valence electrons. The first-order valence-corrected chi connectivity index (χ1v) is 6.50. The Hall–Kier alpha value is -3.19. The zero-order valence-corrected chi connectivity index (χ0v) is 11.2. The zero-order valence-electron chi connectivity index (χ0n) is 11.2. The summed E-state index contributed by atoms with van der Waals surface area (Å²) in [6.45, 7) is 0. The van der Waals surface area contributed by atoms with Crippen molar-refractivity contribution in [3.05, 3.63) is 72.6 Å². The van der Waals surface area contributed by atoms with Crippen LogP contribution in [-0.2, 0) is 0 Å². The summed E-state index contributed by atoms with van der Waals surface area (Å²) in [5.74, 6) is 1.17. The number of nitriles is 1. The number of aromatic nitrogens is 2. The molecule has 0 aliphatic rings. The zero-order chi connectivity index (χ0) is 14.5. The van der Waals surface area contributed by atoms with E-state index in [1.54, 1.807) is 12.4 Å². The highest BCUT2D eigenvalue weighted by Gasteiger charge is 2.07. The molecule has 3 aromatic rings. The third kappa shape index (κ3) is 2.88. The van der Waals surface area contributed by atoms with Crippen LogP contribution in [0, 0.1) is 11.3 Å². The second-order valence-corrected chi connectivity index (χ2v) is 4.44. The van der Waals surface area contributed by atoms with E-state index in [4.69, 9.17) is 0 Å². The third-order valence-electron chi connectivity index (χ3n) is 3.03. The monoisotopic (exact) mass is 272 g/mol. The summed E-state index contributed by atoms with van der Waals surface area (Å²) in [6, 6.07) is 19.4. The van der Waals surface area contributed by atoms with E-state index in [1.165, 1.54) is 0 Å². The molecule has 4 heteroatoms. The van der Waals surface area contributed by atoms with Crippen molar-refractivity contribution in [1.29, 1.82) is 5.26 Å². The molecule has 2 heterocycles. The van der Waals surface area contributed by atoms with Gasteiger partial charge in [-0.3, -0.25) is 0 Å².